The largest absolute Gasteiger partial charge is 0.573 e. The molecule has 26 heavy (non-hydrogen) atoms. The average molecular weight is 363 g/mol. The molecule has 3 aromatic rings. The molecule has 1 aromatic heterocycles. The number of alkyl halides is 3. The highest BCUT2D eigenvalue weighted by Gasteiger charge is 2.30. The molecule has 2 aromatic carbocycles. The second-order valence-corrected chi connectivity index (χ2v) is 6.05. The second kappa shape index (κ2) is 6.70. The standard InChI is InChI=1S/C18H16F3N3O2/c1-10(2)17(25)22-16-14-8-5-12(9-15(14)23-24-16)11-3-6-13(7-4-11)26-18(19,20)21/h3-10H,1-2H3,(H2,22,23,24,25). The fourth-order valence-electron chi connectivity index (χ4n) is 2.40. The number of aromatic amines is 1. The Bertz CT molecular complexity index is 931. The van der Waals surface area contributed by atoms with E-state index in [1.165, 1.54) is 12.1 Å². The number of nitrogens with one attached hydrogen (secondary N) is 2. The summed E-state index contributed by atoms with van der Waals surface area (Å²) < 4.78 is 40.5. The summed E-state index contributed by atoms with van der Waals surface area (Å²) >= 11 is 0. The first-order chi connectivity index (χ1) is 12.2. The number of fused-ring (bicyclic) bond motifs is 1. The number of carbonyl (C=O) groups excluding carboxylic acids is 1. The summed E-state index contributed by atoms with van der Waals surface area (Å²) in [5, 5.41) is 10.5. The normalized spacial score (nSPS) is 11.8. The number of hydrogen-bond acceptors (Lipinski definition) is 3. The Morgan fingerprint density at radius 3 is 2.38 bits per heavy atom. The highest BCUT2D eigenvalue weighted by atomic mass is 19.4. The molecule has 5 nitrogen and oxygen atoms in total. The number of ether oxygens (including phenoxy) is 1. The van der Waals surface area contributed by atoms with Crippen LogP contribution in [0, 0.1) is 5.92 Å². The van der Waals surface area contributed by atoms with Gasteiger partial charge >= 0.3 is 6.36 Å². The van der Waals surface area contributed by atoms with Gasteiger partial charge in [0.25, 0.3) is 0 Å². The first-order valence-electron chi connectivity index (χ1n) is 7.88. The van der Waals surface area contributed by atoms with E-state index in [0.29, 0.717) is 11.3 Å². The molecule has 1 amide bonds. The first kappa shape index (κ1) is 17.8. The maximum atomic E-state index is 12.2. The van der Waals surface area contributed by atoms with Crippen LogP contribution in [0.5, 0.6) is 5.75 Å². The molecule has 0 atom stereocenters. The monoisotopic (exact) mass is 363 g/mol. The summed E-state index contributed by atoms with van der Waals surface area (Å²) in [4.78, 5) is 11.8. The molecule has 136 valence electrons. The van der Waals surface area contributed by atoms with Crippen LogP contribution in [-0.2, 0) is 4.79 Å². The zero-order chi connectivity index (χ0) is 18.9. The van der Waals surface area contributed by atoms with E-state index in [1.807, 2.05) is 12.1 Å². The minimum absolute atomic E-state index is 0.136. The van der Waals surface area contributed by atoms with E-state index in [-0.39, 0.29) is 17.6 Å². The molecular formula is C18H16F3N3O2. The lowest BCUT2D eigenvalue weighted by molar-refractivity contribution is -0.274. The zero-order valence-corrected chi connectivity index (χ0v) is 14.0. The molecule has 0 saturated heterocycles. The Morgan fingerprint density at radius 2 is 1.77 bits per heavy atom. The molecule has 3 rings (SSSR count). The zero-order valence-electron chi connectivity index (χ0n) is 14.0. The molecule has 0 radical (unpaired) electrons. The lowest BCUT2D eigenvalue weighted by Gasteiger charge is -2.09. The van der Waals surface area contributed by atoms with Gasteiger partial charge in [-0.15, -0.1) is 13.2 Å². The van der Waals surface area contributed by atoms with E-state index in [1.54, 1.807) is 32.0 Å². The number of H-pyrrole nitrogens is 1. The Balaban J connectivity index is 1.84. The van der Waals surface area contributed by atoms with Gasteiger partial charge in [-0.1, -0.05) is 32.0 Å². The number of amides is 1. The summed E-state index contributed by atoms with van der Waals surface area (Å²) in [5.74, 6) is -0.136. The van der Waals surface area contributed by atoms with Crippen molar-refractivity contribution in [3.05, 3.63) is 42.5 Å². The van der Waals surface area contributed by atoms with E-state index < -0.39 is 6.36 Å². The summed E-state index contributed by atoms with van der Waals surface area (Å²) in [6, 6.07) is 11.0. The molecule has 0 aliphatic heterocycles. The van der Waals surface area contributed by atoms with Crippen LogP contribution in [0.2, 0.25) is 0 Å². The van der Waals surface area contributed by atoms with E-state index >= 15 is 0 Å². The highest BCUT2D eigenvalue weighted by molar-refractivity contribution is 6.01. The summed E-state index contributed by atoms with van der Waals surface area (Å²) in [6.07, 6.45) is -4.72. The number of nitrogens with zero attached hydrogens (tertiary/aromatic N) is 1. The molecule has 0 saturated carbocycles. The molecule has 1 heterocycles. The van der Waals surface area contributed by atoms with Crippen molar-refractivity contribution in [2.75, 3.05) is 5.32 Å². The maximum Gasteiger partial charge on any atom is 0.573 e. The fourth-order valence-corrected chi connectivity index (χ4v) is 2.40. The van der Waals surface area contributed by atoms with Crippen LogP contribution in [0.4, 0.5) is 19.0 Å². The molecular weight excluding hydrogens is 347 g/mol. The van der Waals surface area contributed by atoms with Crippen molar-refractivity contribution in [3.8, 4) is 16.9 Å². The van der Waals surface area contributed by atoms with Gasteiger partial charge in [0, 0.05) is 11.3 Å². The van der Waals surface area contributed by atoms with Gasteiger partial charge in [0.15, 0.2) is 5.82 Å². The number of anilines is 1. The molecule has 0 spiro atoms. The van der Waals surface area contributed by atoms with Crippen LogP contribution in [-0.4, -0.2) is 22.5 Å². The Morgan fingerprint density at radius 1 is 1.12 bits per heavy atom. The molecule has 0 bridgehead atoms. The van der Waals surface area contributed by atoms with Crippen molar-refractivity contribution in [1.29, 1.82) is 0 Å². The number of rotatable bonds is 4. The molecule has 2 N–H and O–H groups in total. The van der Waals surface area contributed by atoms with Crippen LogP contribution >= 0.6 is 0 Å². The van der Waals surface area contributed by atoms with Gasteiger partial charge in [-0.3, -0.25) is 9.89 Å². The van der Waals surface area contributed by atoms with Gasteiger partial charge in [0.1, 0.15) is 5.75 Å². The van der Waals surface area contributed by atoms with Crippen LogP contribution in [0.25, 0.3) is 22.0 Å². The third-order valence-corrected chi connectivity index (χ3v) is 3.75. The quantitative estimate of drug-likeness (QED) is 0.705. The third-order valence-electron chi connectivity index (χ3n) is 3.75. The summed E-state index contributed by atoms with van der Waals surface area (Å²) in [6.45, 7) is 3.57. The third kappa shape index (κ3) is 3.96. The number of carbonyl (C=O) groups is 1. The first-order valence-corrected chi connectivity index (χ1v) is 7.88. The Hall–Kier alpha value is -3.03. The number of benzene rings is 2. The van der Waals surface area contributed by atoms with Crippen molar-refractivity contribution < 1.29 is 22.7 Å². The SMILES string of the molecule is CC(C)C(=O)Nc1n[nH]c2cc(-c3ccc(OC(F)(F)F)cc3)ccc12. The number of aromatic nitrogens is 2. The predicted octanol–water partition coefficient (Wildman–Crippen LogP) is 4.72. The van der Waals surface area contributed by atoms with Gasteiger partial charge in [-0.25, -0.2) is 0 Å². The molecule has 0 aliphatic carbocycles. The predicted molar refractivity (Wildman–Crippen MR) is 91.7 cm³/mol. The minimum atomic E-state index is -4.72. The van der Waals surface area contributed by atoms with E-state index in [2.05, 4.69) is 20.3 Å². The minimum Gasteiger partial charge on any atom is -0.406 e. The molecule has 0 unspecified atom stereocenters. The molecule has 0 fully saturated rings. The van der Waals surface area contributed by atoms with Crippen LogP contribution in [0.1, 0.15) is 13.8 Å². The number of hydrogen-bond donors (Lipinski definition) is 2. The maximum absolute atomic E-state index is 12.2. The number of halogens is 3. The van der Waals surface area contributed by atoms with Gasteiger partial charge in [-0.05, 0) is 35.4 Å². The molecule has 8 heteroatoms. The van der Waals surface area contributed by atoms with Crippen molar-refractivity contribution in [2.45, 2.75) is 20.2 Å². The van der Waals surface area contributed by atoms with Crippen LogP contribution in [0.3, 0.4) is 0 Å². The van der Waals surface area contributed by atoms with Crippen LogP contribution in [0.15, 0.2) is 42.5 Å². The van der Waals surface area contributed by atoms with Crippen LogP contribution < -0.4 is 10.1 Å². The average Bonchev–Trinajstić information content (AvgIpc) is 2.96. The van der Waals surface area contributed by atoms with Gasteiger partial charge in [0.05, 0.1) is 5.52 Å². The van der Waals surface area contributed by atoms with E-state index in [9.17, 15) is 18.0 Å². The fraction of sp³-hybridized carbons (Fsp3) is 0.222. The summed E-state index contributed by atoms with van der Waals surface area (Å²) in [5.41, 5.74) is 2.22. The second-order valence-electron chi connectivity index (χ2n) is 6.05. The lowest BCUT2D eigenvalue weighted by atomic mass is 10.0. The van der Waals surface area contributed by atoms with E-state index in [4.69, 9.17) is 0 Å². The van der Waals surface area contributed by atoms with E-state index in [0.717, 1.165) is 16.5 Å². The van der Waals surface area contributed by atoms with Gasteiger partial charge < -0.3 is 10.1 Å². The Labute approximate surface area is 147 Å². The lowest BCUT2D eigenvalue weighted by Crippen LogP contribution is -2.18. The van der Waals surface area contributed by atoms with Gasteiger partial charge in [0.2, 0.25) is 5.91 Å². The Kier molecular flexibility index (Phi) is 4.58. The van der Waals surface area contributed by atoms with Gasteiger partial charge in [-0.2, -0.15) is 5.10 Å². The van der Waals surface area contributed by atoms with Crippen molar-refractivity contribution in [3.63, 3.8) is 0 Å². The van der Waals surface area contributed by atoms with Crippen molar-refractivity contribution in [1.82, 2.24) is 10.2 Å². The smallest absolute Gasteiger partial charge is 0.406 e. The molecule has 0 aliphatic rings. The van der Waals surface area contributed by atoms with Crippen molar-refractivity contribution >= 4 is 22.6 Å². The van der Waals surface area contributed by atoms with Crippen molar-refractivity contribution in [2.24, 2.45) is 5.92 Å². The highest BCUT2D eigenvalue weighted by Crippen LogP contribution is 2.29. The topological polar surface area (TPSA) is 67.0 Å². The summed E-state index contributed by atoms with van der Waals surface area (Å²) in [7, 11) is 0.